The van der Waals surface area contributed by atoms with E-state index in [4.69, 9.17) is 5.26 Å². The van der Waals surface area contributed by atoms with Crippen LogP contribution >= 0.6 is 0 Å². The van der Waals surface area contributed by atoms with Crippen molar-refractivity contribution >= 4 is 21.6 Å². The van der Waals surface area contributed by atoms with Crippen molar-refractivity contribution in [3.63, 3.8) is 0 Å². The van der Waals surface area contributed by atoms with Crippen LogP contribution in [0, 0.1) is 24.1 Å². The summed E-state index contributed by atoms with van der Waals surface area (Å²) in [4.78, 5) is 12.2. The predicted molar refractivity (Wildman–Crippen MR) is 96.3 cm³/mol. The lowest BCUT2D eigenvalue weighted by molar-refractivity contribution is -0.119. The average Bonchev–Trinajstić information content (AvgIpc) is 2.59. The number of benzene rings is 2. The van der Waals surface area contributed by atoms with E-state index in [2.05, 4.69) is 5.32 Å². The van der Waals surface area contributed by atoms with E-state index in [0.717, 1.165) is 10.6 Å². The van der Waals surface area contributed by atoms with Gasteiger partial charge < -0.3 is 5.32 Å². The third-order valence-electron chi connectivity index (χ3n) is 3.68. The largest absolute Gasteiger partial charge is 0.350 e. The van der Waals surface area contributed by atoms with Gasteiger partial charge in [-0.15, -0.1) is 0 Å². The standard InChI is InChI=1S/C18H18FN3O3S/c1-13-6-7-15(9-17(13)19)11-21-18(23)12-22(26(2,24)25)16-5-3-4-14(8-16)10-20/h3-9H,11-12H2,1-2H3,(H,21,23). The van der Waals surface area contributed by atoms with Crippen molar-refractivity contribution < 1.29 is 17.6 Å². The van der Waals surface area contributed by atoms with Crippen LogP contribution in [0.25, 0.3) is 0 Å². The van der Waals surface area contributed by atoms with Gasteiger partial charge in [-0.25, -0.2) is 12.8 Å². The zero-order valence-corrected chi connectivity index (χ0v) is 15.2. The van der Waals surface area contributed by atoms with Gasteiger partial charge in [0.25, 0.3) is 0 Å². The molecule has 1 amide bonds. The second-order valence-corrected chi connectivity index (χ2v) is 7.70. The summed E-state index contributed by atoms with van der Waals surface area (Å²) in [5.74, 6) is -0.915. The van der Waals surface area contributed by atoms with Crippen LogP contribution in [-0.4, -0.2) is 27.1 Å². The molecule has 0 heterocycles. The Kier molecular flexibility index (Phi) is 5.95. The topological polar surface area (TPSA) is 90.3 Å². The van der Waals surface area contributed by atoms with Gasteiger partial charge >= 0.3 is 0 Å². The Morgan fingerprint density at radius 1 is 1.27 bits per heavy atom. The number of carbonyl (C=O) groups excluding carboxylic acids is 1. The Morgan fingerprint density at radius 3 is 2.62 bits per heavy atom. The van der Waals surface area contributed by atoms with E-state index in [1.165, 1.54) is 24.3 Å². The van der Waals surface area contributed by atoms with E-state index >= 15 is 0 Å². The Balaban J connectivity index is 2.12. The molecular formula is C18H18FN3O3S. The molecule has 0 radical (unpaired) electrons. The van der Waals surface area contributed by atoms with E-state index in [1.807, 2.05) is 6.07 Å². The molecule has 8 heteroatoms. The number of rotatable bonds is 6. The highest BCUT2D eigenvalue weighted by Crippen LogP contribution is 2.18. The Morgan fingerprint density at radius 2 is 2.00 bits per heavy atom. The van der Waals surface area contributed by atoms with E-state index in [-0.39, 0.29) is 23.6 Å². The molecule has 0 unspecified atom stereocenters. The number of nitrogens with one attached hydrogen (secondary N) is 1. The number of nitriles is 1. The minimum absolute atomic E-state index is 0.0753. The first-order chi connectivity index (χ1) is 12.2. The summed E-state index contributed by atoms with van der Waals surface area (Å²) >= 11 is 0. The Hall–Kier alpha value is -2.92. The van der Waals surface area contributed by atoms with E-state index in [1.54, 1.807) is 25.1 Å². The van der Waals surface area contributed by atoms with Gasteiger partial charge in [-0.3, -0.25) is 9.10 Å². The molecule has 0 bridgehead atoms. The molecule has 0 saturated carbocycles. The van der Waals surface area contributed by atoms with Crippen molar-refractivity contribution in [2.75, 3.05) is 17.1 Å². The molecule has 0 spiro atoms. The maximum atomic E-state index is 13.5. The maximum absolute atomic E-state index is 13.5. The summed E-state index contributed by atoms with van der Waals surface area (Å²) in [6.07, 6.45) is 0.981. The molecule has 6 nitrogen and oxygen atoms in total. The van der Waals surface area contributed by atoms with Gasteiger partial charge in [0.1, 0.15) is 12.4 Å². The van der Waals surface area contributed by atoms with Crippen molar-refractivity contribution in [3.8, 4) is 6.07 Å². The third kappa shape index (κ3) is 5.04. The van der Waals surface area contributed by atoms with E-state index in [9.17, 15) is 17.6 Å². The van der Waals surface area contributed by atoms with Gasteiger partial charge in [-0.2, -0.15) is 5.26 Å². The summed E-state index contributed by atoms with van der Waals surface area (Å²) in [5, 5.41) is 11.5. The third-order valence-corrected chi connectivity index (χ3v) is 4.82. The predicted octanol–water partition coefficient (Wildman–Crippen LogP) is 2.09. The second kappa shape index (κ2) is 7.97. The molecule has 0 aliphatic rings. The van der Waals surface area contributed by atoms with Gasteiger partial charge in [-0.1, -0.05) is 18.2 Å². The lowest BCUT2D eigenvalue weighted by atomic mass is 10.1. The summed E-state index contributed by atoms with van der Waals surface area (Å²) < 4.78 is 38.5. The number of sulfonamides is 1. The van der Waals surface area contributed by atoms with E-state index in [0.29, 0.717) is 11.1 Å². The number of carbonyl (C=O) groups is 1. The minimum atomic E-state index is -3.73. The van der Waals surface area contributed by atoms with Crippen molar-refractivity contribution in [1.29, 1.82) is 5.26 Å². The van der Waals surface area contributed by atoms with Crippen LogP contribution in [0.5, 0.6) is 0 Å². The average molecular weight is 375 g/mol. The number of halogens is 1. The van der Waals surface area contributed by atoms with Gasteiger partial charge in [0, 0.05) is 6.54 Å². The first kappa shape index (κ1) is 19.4. The number of amides is 1. The number of aryl methyl sites for hydroxylation is 1. The van der Waals surface area contributed by atoms with Crippen LogP contribution in [0.2, 0.25) is 0 Å². The van der Waals surface area contributed by atoms with Crippen molar-refractivity contribution in [2.45, 2.75) is 13.5 Å². The molecule has 136 valence electrons. The number of hydrogen-bond acceptors (Lipinski definition) is 4. The molecule has 0 aliphatic heterocycles. The molecule has 0 atom stereocenters. The molecule has 2 rings (SSSR count). The Labute approximate surface area is 151 Å². The summed E-state index contributed by atoms with van der Waals surface area (Å²) in [7, 11) is -3.73. The molecule has 1 N–H and O–H groups in total. The fourth-order valence-corrected chi connectivity index (χ4v) is 3.11. The fraction of sp³-hybridized carbons (Fsp3) is 0.222. The SMILES string of the molecule is Cc1ccc(CNC(=O)CN(c2cccc(C#N)c2)S(C)(=O)=O)cc1F. The second-order valence-electron chi connectivity index (χ2n) is 5.79. The first-order valence-electron chi connectivity index (χ1n) is 7.70. The minimum Gasteiger partial charge on any atom is -0.350 e. The van der Waals surface area contributed by atoms with Crippen LogP contribution in [0.3, 0.4) is 0 Å². The molecule has 0 aromatic heterocycles. The summed E-state index contributed by atoms with van der Waals surface area (Å²) in [6.45, 7) is 1.27. The van der Waals surface area contributed by atoms with Crippen LogP contribution in [0.4, 0.5) is 10.1 Å². The van der Waals surface area contributed by atoms with Gasteiger partial charge in [0.05, 0.1) is 23.6 Å². The normalized spacial score (nSPS) is 10.8. The van der Waals surface area contributed by atoms with Gasteiger partial charge in [0.15, 0.2) is 0 Å². The fourth-order valence-electron chi connectivity index (χ4n) is 2.26. The monoisotopic (exact) mass is 375 g/mol. The summed E-state index contributed by atoms with van der Waals surface area (Å²) in [6, 6.07) is 12.5. The van der Waals surface area contributed by atoms with Crippen LogP contribution in [-0.2, 0) is 21.4 Å². The first-order valence-corrected chi connectivity index (χ1v) is 9.55. The van der Waals surface area contributed by atoms with Crippen molar-refractivity contribution in [1.82, 2.24) is 5.32 Å². The maximum Gasteiger partial charge on any atom is 0.241 e. The number of hydrogen-bond donors (Lipinski definition) is 1. The van der Waals surface area contributed by atoms with E-state index < -0.39 is 22.5 Å². The van der Waals surface area contributed by atoms with Gasteiger partial charge in [-0.05, 0) is 42.3 Å². The molecule has 26 heavy (non-hydrogen) atoms. The van der Waals surface area contributed by atoms with Crippen LogP contribution in [0.1, 0.15) is 16.7 Å². The Bertz CT molecular complexity index is 968. The molecule has 0 saturated heterocycles. The highest BCUT2D eigenvalue weighted by Gasteiger charge is 2.21. The smallest absolute Gasteiger partial charge is 0.241 e. The highest BCUT2D eigenvalue weighted by molar-refractivity contribution is 7.92. The summed E-state index contributed by atoms with van der Waals surface area (Å²) in [5.41, 5.74) is 1.58. The van der Waals surface area contributed by atoms with Crippen molar-refractivity contribution in [3.05, 3.63) is 65.0 Å². The zero-order valence-electron chi connectivity index (χ0n) is 14.4. The van der Waals surface area contributed by atoms with Crippen LogP contribution < -0.4 is 9.62 Å². The zero-order chi connectivity index (χ0) is 19.3. The molecule has 2 aromatic rings. The lowest BCUT2D eigenvalue weighted by Gasteiger charge is -2.22. The number of nitrogens with zero attached hydrogens (tertiary/aromatic N) is 2. The van der Waals surface area contributed by atoms with Crippen molar-refractivity contribution in [2.24, 2.45) is 0 Å². The molecule has 0 fully saturated rings. The lowest BCUT2D eigenvalue weighted by Crippen LogP contribution is -2.40. The van der Waals surface area contributed by atoms with Gasteiger partial charge in [0.2, 0.25) is 15.9 Å². The van der Waals surface area contributed by atoms with Crippen LogP contribution in [0.15, 0.2) is 42.5 Å². The quantitative estimate of drug-likeness (QED) is 0.837. The number of anilines is 1. The molecule has 0 aliphatic carbocycles. The molecular weight excluding hydrogens is 357 g/mol. The molecule has 2 aromatic carbocycles. The highest BCUT2D eigenvalue weighted by atomic mass is 32.2.